The summed E-state index contributed by atoms with van der Waals surface area (Å²) in [5.41, 5.74) is 4.81. The van der Waals surface area contributed by atoms with Gasteiger partial charge in [-0.3, -0.25) is 24.3 Å². The lowest BCUT2D eigenvalue weighted by atomic mass is 10.1. The van der Waals surface area contributed by atoms with E-state index in [-0.39, 0.29) is 17.7 Å². The third-order valence-electron chi connectivity index (χ3n) is 8.18. The van der Waals surface area contributed by atoms with Crippen LogP contribution in [0.1, 0.15) is 37.0 Å². The molecule has 0 radical (unpaired) electrons. The Kier molecular flexibility index (Phi) is 9.69. The van der Waals surface area contributed by atoms with Crippen molar-refractivity contribution in [3.63, 3.8) is 0 Å². The zero-order chi connectivity index (χ0) is 33.6. The monoisotopic (exact) mass is 649 g/mol. The van der Waals surface area contributed by atoms with Gasteiger partial charge in [0.25, 0.3) is 17.7 Å². The van der Waals surface area contributed by atoms with Gasteiger partial charge >= 0.3 is 0 Å². The molecule has 6 rings (SSSR count). The number of nitrogens with one attached hydrogen (secondary N) is 4. The summed E-state index contributed by atoms with van der Waals surface area (Å²) in [4.78, 5) is 45.9. The first-order valence-electron chi connectivity index (χ1n) is 15.7. The van der Waals surface area contributed by atoms with Crippen LogP contribution in [-0.4, -0.2) is 80.7 Å². The van der Waals surface area contributed by atoms with Crippen LogP contribution < -0.4 is 21.3 Å². The molecule has 0 bridgehead atoms. The smallest absolute Gasteiger partial charge is 0.272 e. The maximum Gasteiger partial charge on any atom is 0.272 e. The zero-order valence-electron chi connectivity index (χ0n) is 27.2. The van der Waals surface area contributed by atoms with E-state index in [0.29, 0.717) is 48.2 Å². The molecule has 1 aromatic carbocycles. The highest BCUT2D eigenvalue weighted by molar-refractivity contribution is 6.07. The highest BCUT2D eigenvalue weighted by atomic mass is 16.5. The summed E-state index contributed by atoms with van der Waals surface area (Å²) in [6.45, 7) is 4.40. The summed E-state index contributed by atoms with van der Waals surface area (Å²) in [5, 5.41) is 13.0. The molecule has 0 unspecified atom stereocenters. The Bertz CT molecular complexity index is 1980. The van der Waals surface area contributed by atoms with Gasteiger partial charge in [0.1, 0.15) is 17.1 Å². The Morgan fingerprint density at radius 2 is 1.38 bits per heavy atom. The van der Waals surface area contributed by atoms with Gasteiger partial charge in [-0.05, 0) is 42.0 Å². The Morgan fingerprint density at radius 3 is 2.04 bits per heavy atom. The number of aryl methyl sites for hydroxylation is 3. The van der Waals surface area contributed by atoms with Gasteiger partial charge in [0.05, 0.1) is 35.8 Å². The molecule has 13 nitrogen and oxygen atoms in total. The molecule has 1 aliphatic rings. The van der Waals surface area contributed by atoms with E-state index >= 15 is 0 Å². The molecule has 13 heteroatoms. The van der Waals surface area contributed by atoms with Gasteiger partial charge < -0.3 is 39.7 Å². The number of benzene rings is 1. The minimum atomic E-state index is -0.373. The van der Waals surface area contributed by atoms with Crippen molar-refractivity contribution >= 4 is 51.8 Å². The second kappa shape index (κ2) is 14.4. The quantitative estimate of drug-likeness (QED) is 0.170. The molecule has 1 aliphatic heterocycles. The minimum Gasteiger partial charge on any atom is -0.379 e. The van der Waals surface area contributed by atoms with Gasteiger partial charge in [-0.25, -0.2) is 0 Å². The molecular weight excluding hydrogens is 610 g/mol. The molecule has 1 fully saturated rings. The lowest BCUT2D eigenvalue weighted by Gasteiger charge is -2.26. The molecule has 0 atom stereocenters. The Labute approximate surface area is 278 Å². The number of aromatic nitrogens is 4. The largest absolute Gasteiger partial charge is 0.379 e. The van der Waals surface area contributed by atoms with Crippen LogP contribution in [0.2, 0.25) is 0 Å². The zero-order valence-corrected chi connectivity index (χ0v) is 27.2. The van der Waals surface area contributed by atoms with Crippen molar-refractivity contribution in [1.82, 2.24) is 28.9 Å². The summed E-state index contributed by atoms with van der Waals surface area (Å²) in [6.07, 6.45) is 10.7. The average molecular weight is 650 g/mol. The normalized spacial score (nSPS) is 13.6. The third kappa shape index (κ3) is 7.65. The minimum absolute atomic E-state index is 0.215. The van der Waals surface area contributed by atoms with Crippen LogP contribution in [0.25, 0.3) is 17.0 Å². The molecule has 0 aliphatic carbocycles. The van der Waals surface area contributed by atoms with Crippen molar-refractivity contribution in [3.05, 3.63) is 102 Å². The van der Waals surface area contributed by atoms with Crippen molar-refractivity contribution in [2.24, 2.45) is 21.1 Å². The Morgan fingerprint density at radius 1 is 0.792 bits per heavy atom. The number of para-hydroxylation sites is 1. The van der Waals surface area contributed by atoms with Gasteiger partial charge in [0, 0.05) is 83.7 Å². The molecule has 1 saturated heterocycles. The van der Waals surface area contributed by atoms with E-state index in [0.717, 1.165) is 41.8 Å². The number of hydrogen-bond acceptors (Lipinski definition) is 7. The van der Waals surface area contributed by atoms with Crippen LogP contribution in [0.3, 0.4) is 0 Å². The molecule has 248 valence electrons. The fourth-order valence-electron chi connectivity index (χ4n) is 5.63. The van der Waals surface area contributed by atoms with Gasteiger partial charge in [-0.15, -0.1) is 0 Å². The fourth-order valence-corrected chi connectivity index (χ4v) is 5.63. The number of morpholine rings is 1. The first kappa shape index (κ1) is 32.3. The van der Waals surface area contributed by atoms with Gasteiger partial charge in [0.15, 0.2) is 0 Å². The highest BCUT2D eigenvalue weighted by Crippen LogP contribution is 2.20. The SMILES string of the molecule is Cn1cc(NC(=O)c2cc(NC(=O)c3cc(N/C=C/c4cnc5ccccc5c4)cn3C)cn2C)cc1C(=O)NCCN1CCOCC1. The predicted octanol–water partition coefficient (Wildman–Crippen LogP) is 3.90. The number of amides is 3. The van der Waals surface area contributed by atoms with Gasteiger partial charge in [0.2, 0.25) is 0 Å². The first-order valence-corrected chi connectivity index (χ1v) is 15.7. The van der Waals surface area contributed by atoms with E-state index in [1.165, 1.54) is 0 Å². The van der Waals surface area contributed by atoms with E-state index < -0.39 is 0 Å². The number of rotatable bonds is 11. The van der Waals surface area contributed by atoms with Crippen LogP contribution >= 0.6 is 0 Å². The Hall–Kier alpha value is -5.66. The van der Waals surface area contributed by atoms with Crippen molar-refractivity contribution < 1.29 is 19.1 Å². The average Bonchev–Trinajstić information content (AvgIpc) is 3.76. The van der Waals surface area contributed by atoms with E-state index in [1.807, 2.05) is 42.7 Å². The van der Waals surface area contributed by atoms with E-state index in [2.05, 4.69) is 37.2 Å². The summed E-state index contributed by atoms with van der Waals surface area (Å²) < 4.78 is 10.4. The molecule has 4 N–H and O–H groups in total. The lowest BCUT2D eigenvalue weighted by Crippen LogP contribution is -2.41. The van der Waals surface area contributed by atoms with Crippen molar-refractivity contribution in [3.8, 4) is 0 Å². The molecule has 5 aromatic rings. The van der Waals surface area contributed by atoms with Crippen LogP contribution in [0.15, 0.2) is 79.5 Å². The van der Waals surface area contributed by atoms with Crippen LogP contribution in [0, 0.1) is 0 Å². The predicted molar refractivity (Wildman–Crippen MR) is 186 cm³/mol. The second-order valence-corrected chi connectivity index (χ2v) is 11.7. The summed E-state index contributed by atoms with van der Waals surface area (Å²) in [7, 11) is 5.27. The van der Waals surface area contributed by atoms with Crippen LogP contribution in [0.5, 0.6) is 0 Å². The topological polar surface area (TPSA) is 139 Å². The van der Waals surface area contributed by atoms with E-state index in [1.54, 1.807) is 71.6 Å². The van der Waals surface area contributed by atoms with E-state index in [4.69, 9.17) is 4.74 Å². The fraction of sp³-hybridized carbons (Fsp3) is 0.257. The van der Waals surface area contributed by atoms with Crippen LogP contribution in [0.4, 0.5) is 17.1 Å². The molecular formula is C35H39N9O4. The number of pyridine rings is 1. The van der Waals surface area contributed by atoms with Crippen molar-refractivity contribution in [2.75, 3.05) is 55.3 Å². The molecule has 0 spiro atoms. The maximum absolute atomic E-state index is 13.2. The number of hydrogen-bond donors (Lipinski definition) is 4. The summed E-state index contributed by atoms with van der Waals surface area (Å²) >= 11 is 0. The van der Waals surface area contributed by atoms with Crippen LogP contribution in [-0.2, 0) is 25.9 Å². The summed E-state index contributed by atoms with van der Waals surface area (Å²) in [5.74, 6) is -0.910. The number of nitrogens with zero attached hydrogens (tertiary/aromatic N) is 5. The number of ether oxygens (including phenoxy) is 1. The van der Waals surface area contributed by atoms with Gasteiger partial charge in [-0.2, -0.15) is 0 Å². The first-order chi connectivity index (χ1) is 23.2. The number of fused-ring (bicyclic) bond motifs is 1. The summed E-state index contributed by atoms with van der Waals surface area (Å²) in [6, 6.07) is 15.0. The van der Waals surface area contributed by atoms with E-state index in [9.17, 15) is 14.4 Å². The highest BCUT2D eigenvalue weighted by Gasteiger charge is 2.19. The Balaban J connectivity index is 1.03. The molecule has 48 heavy (non-hydrogen) atoms. The standard InChI is InChI=1S/C35H39N9O4/c1-41-21-26(36-9-8-24-16-25-6-4-5-7-29(25)38-20-24)17-31(41)34(46)40-28-19-32(43(3)23-28)35(47)39-27-18-30(42(2)22-27)33(45)37-10-11-44-12-14-48-15-13-44/h4-9,16-23,36H,10-15H2,1-3H3,(H,37,45)(H,39,47)(H,40,46)/b9-8+. The lowest BCUT2D eigenvalue weighted by molar-refractivity contribution is 0.0383. The molecule has 3 amide bonds. The number of carbonyl (C=O) groups excluding carboxylic acids is 3. The third-order valence-corrected chi connectivity index (χ3v) is 8.18. The number of anilines is 3. The van der Waals surface area contributed by atoms with Crippen molar-refractivity contribution in [1.29, 1.82) is 0 Å². The van der Waals surface area contributed by atoms with Gasteiger partial charge in [-0.1, -0.05) is 18.2 Å². The number of carbonyl (C=O) groups is 3. The molecule has 5 heterocycles. The second-order valence-electron chi connectivity index (χ2n) is 11.7. The molecule has 0 saturated carbocycles. The maximum atomic E-state index is 13.2. The van der Waals surface area contributed by atoms with Crippen molar-refractivity contribution in [2.45, 2.75) is 0 Å². The molecule has 4 aromatic heterocycles.